The van der Waals surface area contributed by atoms with Crippen molar-refractivity contribution in [2.24, 2.45) is 5.73 Å². The number of aromatic amines is 1. The average Bonchev–Trinajstić information content (AvgIpc) is 3.08. The Labute approximate surface area is 177 Å². The van der Waals surface area contributed by atoms with Gasteiger partial charge < -0.3 is 15.5 Å². The van der Waals surface area contributed by atoms with Crippen LogP contribution in [0.3, 0.4) is 0 Å². The van der Waals surface area contributed by atoms with Crippen LogP contribution in [0.2, 0.25) is 0 Å². The van der Waals surface area contributed by atoms with Gasteiger partial charge in [0.1, 0.15) is 0 Å². The van der Waals surface area contributed by atoms with Gasteiger partial charge in [0.25, 0.3) is 0 Å². The standard InChI is InChI=1S/C22H31N6O2/c1-16-13-17(14-18-15-24-25-21(16)18)3-4-20(29)27-9-5-19(6-10-27)26-7-2-8-28(12-11-26)22(23)30/h4,13-15,19H,2-3,5-12H2,1H3,(H2,23,30)(H,24,25). The van der Waals surface area contributed by atoms with Crippen LogP contribution in [-0.2, 0) is 11.2 Å². The number of nitrogens with zero attached hydrogens (tertiary/aromatic N) is 4. The Bertz CT molecular complexity index is 902. The van der Waals surface area contributed by atoms with Crippen molar-refractivity contribution in [3.63, 3.8) is 0 Å². The molecule has 2 aliphatic rings. The van der Waals surface area contributed by atoms with E-state index >= 15 is 0 Å². The number of benzene rings is 1. The molecular formula is C22H31N6O2. The van der Waals surface area contributed by atoms with E-state index in [1.54, 1.807) is 11.3 Å². The fraction of sp³-hybridized carbons (Fsp3) is 0.545. The van der Waals surface area contributed by atoms with Gasteiger partial charge >= 0.3 is 6.03 Å². The topological polar surface area (TPSA) is 98.6 Å². The summed E-state index contributed by atoms with van der Waals surface area (Å²) in [4.78, 5) is 30.3. The maximum Gasteiger partial charge on any atom is 0.314 e. The molecule has 3 N–H and O–H groups in total. The summed E-state index contributed by atoms with van der Waals surface area (Å²) in [5.41, 5.74) is 8.76. The highest BCUT2D eigenvalue weighted by Gasteiger charge is 2.28. The molecule has 2 aliphatic heterocycles. The number of likely N-dealkylation sites (tertiary alicyclic amines) is 1. The number of carbonyl (C=O) groups is 2. The van der Waals surface area contributed by atoms with Crippen molar-refractivity contribution in [1.82, 2.24) is 24.9 Å². The molecule has 161 valence electrons. The molecule has 0 unspecified atom stereocenters. The molecule has 2 aromatic rings. The number of H-pyrrole nitrogens is 1. The molecule has 0 saturated carbocycles. The lowest BCUT2D eigenvalue weighted by atomic mass is 10.0. The first kappa shape index (κ1) is 20.7. The van der Waals surface area contributed by atoms with E-state index in [9.17, 15) is 9.59 Å². The molecule has 1 aromatic heterocycles. The van der Waals surface area contributed by atoms with Crippen molar-refractivity contribution in [3.8, 4) is 0 Å². The highest BCUT2D eigenvalue weighted by Crippen LogP contribution is 2.21. The first-order valence-electron chi connectivity index (χ1n) is 10.8. The first-order chi connectivity index (χ1) is 14.5. The number of nitrogens with two attached hydrogens (primary N) is 1. The lowest BCUT2D eigenvalue weighted by Crippen LogP contribution is -2.48. The van der Waals surface area contributed by atoms with Crippen LogP contribution in [0, 0.1) is 13.3 Å². The van der Waals surface area contributed by atoms with Crippen LogP contribution in [0.4, 0.5) is 4.79 Å². The highest BCUT2D eigenvalue weighted by atomic mass is 16.2. The van der Waals surface area contributed by atoms with Crippen LogP contribution in [0.5, 0.6) is 0 Å². The van der Waals surface area contributed by atoms with Crippen LogP contribution < -0.4 is 5.73 Å². The summed E-state index contributed by atoms with van der Waals surface area (Å²) in [6.07, 6.45) is 7.18. The number of aromatic nitrogens is 2. The Kier molecular flexibility index (Phi) is 6.22. The Morgan fingerprint density at radius 3 is 2.70 bits per heavy atom. The number of carbonyl (C=O) groups excluding carboxylic acids is 2. The maximum absolute atomic E-state index is 12.7. The number of rotatable bonds is 4. The smallest absolute Gasteiger partial charge is 0.314 e. The molecule has 1 aromatic carbocycles. The summed E-state index contributed by atoms with van der Waals surface area (Å²) in [5, 5.41) is 8.19. The van der Waals surface area contributed by atoms with Crippen molar-refractivity contribution < 1.29 is 9.59 Å². The zero-order chi connectivity index (χ0) is 21.1. The summed E-state index contributed by atoms with van der Waals surface area (Å²) in [6, 6.07) is 4.37. The molecule has 0 atom stereocenters. The molecule has 2 saturated heterocycles. The van der Waals surface area contributed by atoms with E-state index in [0.717, 1.165) is 74.0 Å². The molecule has 0 aliphatic carbocycles. The molecule has 2 fully saturated rings. The number of hydrogen-bond acceptors (Lipinski definition) is 4. The van der Waals surface area contributed by atoms with Gasteiger partial charge in [0.15, 0.2) is 0 Å². The van der Waals surface area contributed by atoms with Gasteiger partial charge in [0, 0.05) is 50.7 Å². The van der Waals surface area contributed by atoms with Crippen molar-refractivity contribution in [3.05, 3.63) is 35.9 Å². The van der Waals surface area contributed by atoms with E-state index < -0.39 is 0 Å². The van der Waals surface area contributed by atoms with E-state index in [1.807, 2.05) is 11.1 Å². The number of nitrogens with one attached hydrogen (secondary N) is 1. The maximum atomic E-state index is 12.7. The second-order valence-corrected chi connectivity index (χ2v) is 8.43. The van der Waals surface area contributed by atoms with Crippen LogP contribution in [0.25, 0.3) is 10.9 Å². The largest absolute Gasteiger partial charge is 0.351 e. The SMILES string of the molecule is Cc1cc(C[CH]C(=O)N2CCC(N3CCCN(C(N)=O)CC3)CC2)cc2cn[nH]c12. The van der Waals surface area contributed by atoms with Crippen LogP contribution >= 0.6 is 0 Å². The van der Waals surface area contributed by atoms with E-state index in [0.29, 0.717) is 19.0 Å². The second-order valence-electron chi connectivity index (χ2n) is 8.43. The molecule has 8 nitrogen and oxygen atoms in total. The Morgan fingerprint density at radius 2 is 1.93 bits per heavy atom. The molecule has 8 heteroatoms. The zero-order valence-corrected chi connectivity index (χ0v) is 17.6. The van der Waals surface area contributed by atoms with Crippen molar-refractivity contribution in [2.45, 2.75) is 38.6 Å². The lowest BCUT2D eigenvalue weighted by Gasteiger charge is -2.38. The van der Waals surface area contributed by atoms with Crippen molar-refractivity contribution in [1.29, 1.82) is 0 Å². The zero-order valence-electron chi connectivity index (χ0n) is 17.6. The first-order valence-corrected chi connectivity index (χ1v) is 10.8. The number of amides is 3. The molecule has 0 bridgehead atoms. The van der Waals surface area contributed by atoms with Crippen LogP contribution in [-0.4, -0.2) is 82.1 Å². The third-order valence-corrected chi connectivity index (χ3v) is 6.45. The molecule has 4 rings (SSSR count). The number of fused-ring (bicyclic) bond motifs is 1. The fourth-order valence-corrected chi connectivity index (χ4v) is 4.74. The van der Waals surface area contributed by atoms with Gasteiger partial charge in [-0.1, -0.05) is 6.07 Å². The Balaban J connectivity index is 1.25. The normalized spacial score (nSPS) is 19.2. The minimum Gasteiger partial charge on any atom is -0.351 e. The monoisotopic (exact) mass is 411 g/mol. The van der Waals surface area contributed by atoms with Gasteiger partial charge in [-0.15, -0.1) is 0 Å². The van der Waals surface area contributed by atoms with Gasteiger partial charge in [-0.3, -0.25) is 14.8 Å². The molecule has 3 amide bonds. The van der Waals surface area contributed by atoms with Crippen molar-refractivity contribution >= 4 is 22.8 Å². The third-order valence-electron chi connectivity index (χ3n) is 6.45. The number of aryl methyl sites for hydroxylation is 1. The lowest BCUT2D eigenvalue weighted by molar-refractivity contribution is -0.129. The van der Waals surface area contributed by atoms with E-state index in [1.165, 1.54) is 0 Å². The molecular weight excluding hydrogens is 380 g/mol. The summed E-state index contributed by atoms with van der Waals surface area (Å²) < 4.78 is 0. The predicted molar refractivity (Wildman–Crippen MR) is 116 cm³/mol. The van der Waals surface area contributed by atoms with E-state index in [-0.39, 0.29) is 11.9 Å². The fourth-order valence-electron chi connectivity index (χ4n) is 4.74. The number of hydrogen-bond donors (Lipinski definition) is 2. The van der Waals surface area contributed by atoms with Crippen molar-refractivity contribution in [2.75, 3.05) is 39.3 Å². The number of piperidine rings is 1. The summed E-state index contributed by atoms with van der Waals surface area (Å²) in [5.74, 6) is 0.120. The van der Waals surface area contributed by atoms with Gasteiger partial charge in [0.2, 0.25) is 5.91 Å². The minimum absolute atomic E-state index is 0.120. The molecule has 0 spiro atoms. The van der Waals surface area contributed by atoms with E-state index in [2.05, 4.69) is 34.2 Å². The number of primary amides is 1. The minimum atomic E-state index is -0.324. The summed E-state index contributed by atoms with van der Waals surface area (Å²) in [6.45, 7) is 6.92. The third kappa shape index (κ3) is 4.59. The van der Waals surface area contributed by atoms with Crippen LogP contribution in [0.1, 0.15) is 30.4 Å². The highest BCUT2D eigenvalue weighted by molar-refractivity contribution is 5.86. The summed E-state index contributed by atoms with van der Waals surface area (Å²) in [7, 11) is 0. The Hall–Kier alpha value is -2.61. The van der Waals surface area contributed by atoms with Gasteiger partial charge in [0.05, 0.1) is 18.1 Å². The quantitative estimate of drug-likeness (QED) is 0.800. The molecule has 3 heterocycles. The van der Waals surface area contributed by atoms with Crippen LogP contribution in [0.15, 0.2) is 18.3 Å². The molecule has 30 heavy (non-hydrogen) atoms. The predicted octanol–water partition coefficient (Wildman–Crippen LogP) is 1.70. The van der Waals surface area contributed by atoms with E-state index in [4.69, 9.17) is 5.73 Å². The second kappa shape index (κ2) is 9.04. The molecule has 1 radical (unpaired) electrons. The Morgan fingerprint density at radius 1 is 1.13 bits per heavy atom. The average molecular weight is 412 g/mol. The van der Waals surface area contributed by atoms with Gasteiger partial charge in [-0.05, 0) is 49.8 Å². The number of urea groups is 1. The summed E-state index contributed by atoms with van der Waals surface area (Å²) >= 11 is 0. The van der Waals surface area contributed by atoms with Gasteiger partial charge in [-0.2, -0.15) is 5.10 Å². The van der Waals surface area contributed by atoms with Gasteiger partial charge in [-0.25, -0.2) is 4.79 Å².